The monoisotopic (exact) mass is 935 g/mol. The van der Waals surface area contributed by atoms with Gasteiger partial charge in [0.1, 0.15) is 11.2 Å². The number of aromatic nitrogens is 2. The molecule has 0 radical (unpaired) electrons. The van der Waals surface area contributed by atoms with E-state index in [0.717, 1.165) is 18.1 Å². The molecule has 0 bridgehead atoms. The molecule has 17 heteroatoms. The molecule has 2 unspecified atom stereocenters. The first-order valence-corrected chi connectivity index (χ1v) is 24.3. The molecule has 2 atom stereocenters. The van der Waals surface area contributed by atoms with E-state index < -0.39 is 54.3 Å². The van der Waals surface area contributed by atoms with Crippen molar-refractivity contribution in [2.45, 2.75) is 83.6 Å². The summed E-state index contributed by atoms with van der Waals surface area (Å²) in [6.45, 7) is 12.7. The van der Waals surface area contributed by atoms with Crippen molar-refractivity contribution in [2.24, 2.45) is 0 Å². The van der Waals surface area contributed by atoms with Crippen LogP contribution in [0, 0.1) is 11.3 Å². The second-order valence-corrected chi connectivity index (χ2v) is 21.4. The van der Waals surface area contributed by atoms with E-state index in [2.05, 4.69) is 15.5 Å². The average molecular weight is 937 g/mol. The highest BCUT2D eigenvalue weighted by atomic mass is 35.5. The van der Waals surface area contributed by atoms with Crippen LogP contribution in [-0.4, -0.2) is 61.6 Å². The van der Waals surface area contributed by atoms with E-state index in [1.165, 1.54) is 0 Å². The maximum atomic E-state index is 13.7. The Kier molecular flexibility index (Phi) is 14.1. The van der Waals surface area contributed by atoms with Gasteiger partial charge in [0.05, 0.1) is 47.4 Å². The summed E-state index contributed by atoms with van der Waals surface area (Å²) >= 11 is 12.2. The van der Waals surface area contributed by atoms with E-state index in [-0.39, 0.29) is 6.42 Å². The highest BCUT2D eigenvalue weighted by molar-refractivity contribution is 7.92. The Bertz CT molecular complexity index is 2910. The number of hydrogen-bond acceptors (Lipinski definition) is 9. The number of anilines is 2. The molecule has 0 fully saturated rings. The van der Waals surface area contributed by atoms with Gasteiger partial charge in [-0.2, -0.15) is 5.26 Å². The van der Waals surface area contributed by atoms with Crippen LogP contribution >= 0.6 is 23.2 Å². The van der Waals surface area contributed by atoms with E-state index in [4.69, 9.17) is 32.7 Å². The number of nitriles is 1. The van der Waals surface area contributed by atoms with Gasteiger partial charge in [-0.15, -0.1) is 0 Å². The molecule has 334 valence electrons. The Morgan fingerprint density at radius 1 is 0.619 bits per heavy atom. The van der Waals surface area contributed by atoms with Crippen LogP contribution in [0.4, 0.5) is 11.4 Å². The van der Waals surface area contributed by atoms with Crippen molar-refractivity contribution < 1.29 is 35.9 Å². The predicted octanol–water partition coefficient (Wildman–Crippen LogP) is 9.83. The molecule has 2 heterocycles. The van der Waals surface area contributed by atoms with Gasteiger partial charge in [0.25, 0.3) is 0 Å². The Balaban J connectivity index is 0.000000238. The lowest BCUT2D eigenvalue weighted by atomic mass is 9.86. The van der Waals surface area contributed by atoms with Crippen LogP contribution < -0.4 is 9.44 Å². The summed E-state index contributed by atoms with van der Waals surface area (Å²) in [5.74, 6) is -1.00. The Morgan fingerprint density at radius 3 is 1.33 bits per heavy atom. The fourth-order valence-corrected chi connectivity index (χ4v) is 8.76. The Hall–Kier alpha value is -5.53. The minimum Gasteiger partial charge on any atom is -0.458 e. The lowest BCUT2D eigenvalue weighted by molar-refractivity contribution is -0.164. The van der Waals surface area contributed by atoms with Gasteiger partial charge in [0.15, 0.2) is 11.1 Å². The van der Waals surface area contributed by atoms with Gasteiger partial charge in [-0.05, 0) is 120 Å². The summed E-state index contributed by atoms with van der Waals surface area (Å²) < 4.78 is 67.5. The fourth-order valence-electron chi connectivity index (χ4n) is 7.36. The minimum atomic E-state index is -3.52. The number of halogens is 2. The number of carbonyl (C=O) groups excluding carboxylic acids is 2. The second-order valence-electron chi connectivity index (χ2n) is 17.0. The summed E-state index contributed by atoms with van der Waals surface area (Å²) in [4.78, 5) is 27.3. The van der Waals surface area contributed by atoms with Crippen molar-refractivity contribution in [1.82, 2.24) is 9.13 Å². The first kappa shape index (κ1) is 48.5. The summed E-state index contributed by atoms with van der Waals surface area (Å²) in [6, 6.07) is 29.8. The number of hydrogen-bond donors (Lipinski definition) is 2. The predicted molar refractivity (Wildman–Crippen MR) is 250 cm³/mol. The van der Waals surface area contributed by atoms with Gasteiger partial charge < -0.3 is 18.6 Å². The van der Waals surface area contributed by atoms with Crippen molar-refractivity contribution in [2.75, 3.05) is 22.0 Å². The molecule has 2 N–H and O–H groups in total. The number of esters is 2. The third kappa shape index (κ3) is 11.0. The van der Waals surface area contributed by atoms with Gasteiger partial charge in [-0.3, -0.25) is 9.44 Å². The first-order chi connectivity index (χ1) is 29.2. The van der Waals surface area contributed by atoms with Gasteiger partial charge in [-0.1, -0.05) is 66.5 Å². The summed E-state index contributed by atoms with van der Waals surface area (Å²) in [5, 5.41) is 12.1. The van der Waals surface area contributed by atoms with E-state index in [9.17, 15) is 31.7 Å². The molecule has 13 nitrogen and oxygen atoms in total. The van der Waals surface area contributed by atoms with Gasteiger partial charge in [-0.25, -0.2) is 26.4 Å². The van der Waals surface area contributed by atoms with Crippen molar-refractivity contribution in [3.05, 3.63) is 131 Å². The van der Waals surface area contributed by atoms with Crippen LogP contribution in [0.2, 0.25) is 10.0 Å². The highest BCUT2D eigenvalue weighted by Gasteiger charge is 2.47. The molecular weight excluding hydrogens is 886 g/mol. The first-order valence-electron chi connectivity index (χ1n) is 19.8. The number of nitrogens with zero attached hydrogens (tertiary/aromatic N) is 3. The largest absolute Gasteiger partial charge is 0.458 e. The van der Waals surface area contributed by atoms with Gasteiger partial charge >= 0.3 is 11.9 Å². The number of rotatable bonds is 12. The van der Waals surface area contributed by atoms with E-state index in [1.807, 2.05) is 50.5 Å². The van der Waals surface area contributed by atoms with Crippen LogP contribution in [0.3, 0.4) is 0 Å². The summed E-state index contributed by atoms with van der Waals surface area (Å²) in [5.41, 5.74) is -0.817. The van der Waals surface area contributed by atoms with E-state index in [0.29, 0.717) is 55.2 Å². The molecule has 4 aromatic carbocycles. The van der Waals surface area contributed by atoms with Crippen molar-refractivity contribution in [3.8, 4) is 6.07 Å². The Labute approximate surface area is 379 Å². The van der Waals surface area contributed by atoms with Gasteiger partial charge in [0.2, 0.25) is 20.0 Å². The lowest BCUT2D eigenvalue weighted by Gasteiger charge is -2.36. The van der Waals surface area contributed by atoms with Gasteiger partial charge in [0, 0.05) is 33.2 Å². The zero-order valence-corrected chi connectivity index (χ0v) is 39.6. The summed E-state index contributed by atoms with van der Waals surface area (Å²) in [7, 11) is -6.98. The number of carbonyl (C=O) groups is 2. The zero-order valence-electron chi connectivity index (χ0n) is 36.5. The third-order valence-corrected chi connectivity index (χ3v) is 11.5. The standard InChI is InChI=1S/C23H24ClN3O4S.C23H27ClN2O4S/c1-22(2,3)31-21(28)23(13-14-25,16-8-10-17(24)11-9-16)27-15-12-18-19(26-32(4,29)30)6-5-7-20(18)27;1-6-23(21(27)30-22(2,3)4,16-10-12-17(24)13-11-16)26-15-14-18-19(25-31(5,28)29)8-7-9-20(18)26/h5-12,15,26H,13H2,1-4H3;7-15,25H,6H2,1-5H3. The molecule has 0 aliphatic heterocycles. The van der Waals surface area contributed by atoms with E-state index in [1.54, 1.807) is 117 Å². The number of fused-ring (bicyclic) bond motifs is 2. The van der Waals surface area contributed by atoms with E-state index >= 15 is 0 Å². The smallest absolute Gasteiger partial charge is 0.338 e. The van der Waals surface area contributed by atoms with Crippen LogP contribution in [0.1, 0.15) is 72.4 Å². The molecular formula is C46H51Cl2N5O8S2. The molecule has 0 spiro atoms. The molecule has 0 saturated heterocycles. The van der Waals surface area contributed by atoms with Crippen molar-refractivity contribution in [3.63, 3.8) is 0 Å². The number of ether oxygens (including phenoxy) is 2. The SMILES string of the molecule is CC(C)(C)OC(=O)C(CC#N)(c1ccc(Cl)cc1)n1ccc2c(NS(C)(=O)=O)cccc21.CCC(C(=O)OC(C)(C)C)(c1ccc(Cl)cc1)n1ccc2c(NS(C)(=O)=O)cccc21. The average Bonchev–Trinajstić information content (AvgIpc) is 3.80. The quantitative estimate of drug-likeness (QED) is 0.113. The van der Waals surface area contributed by atoms with Crippen LogP contribution in [0.5, 0.6) is 0 Å². The van der Waals surface area contributed by atoms with Crippen LogP contribution in [0.25, 0.3) is 21.8 Å². The molecule has 2 aromatic heterocycles. The highest BCUT2D eigenvalue weighted by Crippen LogP contribution is 2.40. The molecule has 0 saturated carbocycles. The maximum absolute atomic E-state index is 13.7. The zero-order chi connectivity index (χ0) is 46.8. The van der Waals surface area contributed by atoms with Crippen molar-refractivity contribution in [1.29, 1.82) is 5.26 Å². The van der Waals surface area contributed by atoms with Crippen LogP contribution in [0.15, 0.2) is 109 Å². The topological polar surface area (TPSA) is 179 Å². The molecule has 0 amide bonds. The second kappa shape index (κ2) is 18.3. The third-order valence-electron chi connectivity index (χ3n) is 9.84. The lowest BCUT2D eigenvalue weighted by Crippen LogP contribution is -2.46. The molecule has 0 aliphatic rings. The fraction of sp³-hybridized carbons (Fsp3) is 0.326. The number of sulfonamides is 2. The number of nitrogens with one attached hydrogen (secondary N) is 2. The minimum absolute atomic E-state index is 0.211. The summed E-state index contributed by atoms with van der Waals surface area (Å²) in [6.07, 6.45) is 5.83. The molecule has 63 heavy (non-hydrogen) atoms. The molecule has 0 aliphatic carbocycles. The molecule has 6 rings (SSSR count). The molecule has 6 aromatic rings. The number of benzene rings is 4. The normalized spacial score (nSPS) is 14.1. The van der Waals surface area contributed by atoms with Crippen LogP contribution in [-0.2, 0) is 50.2 Å². The maximum Gasteiger partial charge on any atom is 0.338 e. The Morgan fingerprint density at radius 2 is 0.984 bits per heavy atom. The van der Waals surface area contributed by atoms with Crippen molar-refractivity contribution >= 4 is 88.4 Å².